The van der Waals surface area contributed by atoms with Gasteiger partial charge in [0.25, 0.3) is 5.91 Å². The van der Waals surface area contributed by atoms with Gasteiger partial charge in [0.15, 0.2) is 11.5 Å². The Balaban J connectivity index is 1.82. The van der Waals surface area contributed by atoms with Crippen LogP contribution in [0.4, 0.5) is 4.79 Å². The lowest BCUT2D eigenvalue weighted by atomic mass is 10.1. The summed E-state index contributed by atoms with van der Waals surface area (Å²) >= 11 is 5.68. The summed E-state index contributed by atoms with van der Waals surface area (Å²) in [6.45, 7) is -0.370. The van der Waals surface area contributed by atoms with Gasteiger partial charge in [-0.2, -0.15) is 0 Å². The van der Waals surface area contributed by atoms with Gasteiger partial charge in [0.2, 0.25) is 0 Å². The molecule has 1 aliphatic heterocycles. The van der Waals surface area contributed by atoms with E-state index in [1.165, 1.54) is 13.2 Å². The number of urea groups is 1. The summed E-state index contributed by atoms with van der Waals surface area (Å²) < 4.78 is 13.0. The van der Waals surface area contributed by atoms with Gasteiger partial charge in [0.05, 0.1) is 11.6 Å². The molecule has 30 heavy (non-hydrogen) atoms. The molecule has 156 valence electrons. The maximum atomic E-state index is 12.3. The van der Waals surface area contributed by atoms with Gasteiger partial charge in [0, 0.05) is 3.57 Å². The topological polar surface area (TPSA) is 105 Å². The molecular weight excluding hydrogens is 571 g/mol. The quantitative estimate of drug-likeness (QED) is 0.292. The van der Waals surface area contributed by atoms with Gasteiger partial charge < -0.3 is 19.9 Å². The molecule has 0 unspecified atom stereocenters. The molecule has 2 aromatic rings. The normalized spacial score (nSPS) is 14.8. The van der Waals surface area contributed by atoms with Crippen LogP contribution in [-0.2, 0) is 16.2 Å². The Morgan fingerprint density at radius 1 is 1.27 bits per heavy atom. The highest BCUT2D eigenvalue weighted by Crippen LogP contribution is 2.38. The highest BCUT2D eigenvalue weighted by Gasteiger charge is 2.34. The van der Waals surface area contributed by atoms with Crippen LogP contribution in [0.1, 0.15) is 11.1 Å². The number of carbonyl (C=O) groups excluding carboxylic acids is 2. The van der Waals surface area contributed by atoms with Crippen LogP contribution in [0.5, 0.6) is 11.5 Å². The van der Waals surface area contributed by atoms with Crippen molar-refractivity contribution in [2.75, 3.05) is 13.7 Å². The van der Waals surface area contributed by atoms with E-state index in [1.807, 2.05) is 24.3 Å². The third-order valence-electron chi connectivity index (χ3n) is 4.11. The molecule has 1 saturated heterocycles. The van der Waals surface area contributed by atoms with Crippen LogP contribution < -0.4 is 14.8 Å². The van der Waals surface area contributed by atoms with E-state index < -0.39 is 24.5 Å². The molecule has 1 fully saturated rings. The van der Waals surface area contributed by atoms with Gasteiger partial charge in [-0.15, -0.1) is 0 Å². The molecule has 2 aromatic carbocycles. The fraction of sp³-hybridized carbons (Fsp3) is 0.150. The molecule has 10 heteroatoms. The van der Waals surface area contributed by atoms with Gasteiger partial charge in [-0.05, 0) is 80.0 Å². The Hall–Kier alpha value is -2.60. The second kappa shape index (κ2) is 9.47. The first-order chi connectivity index (χ1) is 14.3. The highest BCUT2D eigenvalue weighted by atomic mass is 127. The third-order valence-corrected chi connectivity index (χ3v) is 5.42. The number of imide groups is 1. The minimum atomic E-state index is -1.28. The van der Waals surface area contributed by atoms with E-state index in [0.717, 1.165) is 9.13 Å². The molecular formula is C20H16BrIN2O6. The summed E-state index contributed by atoms with van der Waals surface area (Å²) in [7, 11) is 1.49. The van der Waals surface area contributed by atoms with E-state index in [0.29, 0.717) is 33.0 Å². The Bertz CT molecular complexity index is 1040. The number of ether oxygens (including phenoxy) is 2. The molecule has 0 aromatic heterocycles. The number of carboxylic acid groups (broad SMARTS) is 1. The number of nitrogens with zero attached hydrogens (tertiary/aromatic N) is 1. The van der Waals surface area contributed by atoms with E-state index >= 15 is 0 Å². The molecule has 1 aliphatic rings. The van der Waals surface area contributed by atoms with Crippen LogP contribution in [-0.4, -0.2) is 41.6 Å². The molecule has 8 nitrogen and oxygen atoms in total. The monoisotopic (exact) mass is 586 g/mol. The number of nitrogens with one attached hydrogen (secondary N) is 1. The summed E-state index contributed by atoms with van der Waals surface area (Å²) in [5.74, 6) is -1.07. The smallest absolute Gasteiger partial charge is 0.329 e. The van der Waals surface area contributed by atoms with Crippen molar-refractivity contribution in [3.63, 3.8) is 0 Å². The third kappa shape index (κ3) is 5.11. The summed E-state index contributed by atoms with van der Waals surface area (Å²) in [5.41, 5.74) is 1.53. The number of hydrogen-bond acceptors (Lipinski definition) is 5. The summed E-state index contributed by atoms with van der Waals surface area (Å²) in [6, 6.07) is 10.5. The van der Waals surface area contributed by atoms with E-state index in [-0.39, 0.29) is 5.70 Å². The molecule has 3 amide bonds. The van der Waals surface area contributed by atoms with Gasteiger partial charge in [-0.25, -0.2) is 9.69 Å². The van der Waals surface area contributed by atoms with Crippen molar-refractivity contribution < 1.29 is 29.0 Å². The minimum Gasteiger partial charge on any atom is -0.493 e. The van der Waals surface area contributed by atoms with Crippen molar-refractivity contribution in [2.45, 2.75) is 6.61 Å². The number of amides is 3. The lowest BCUT2D eigenvalue weighted by Crippen LogP contribution is -2.35. The molecule has 0 spiro atoms. The van der Waals surface area contributed by atoms with E-state index in [9.17, 15) is 14.4 Å². The lowest BCUT2D eigenvalue weighted by Gasteiger charge is -2.14. The van der Waals surface area contributed by atoms with E-state index in [2.05, 4.69) is 43.8 Å². The van der Waals surface area contributed by atoms with Crippen molar-refractivity contribution in [1.29, 1.82) is 0 Å². The SMILES string of the molecule is COc1cc(/C=C2/NC(=O)N(CC(=O)O)C2=O)cc(Br)c1OCc1ccc(I)cc1. The largest absolute Gasteiger partial charge is 0.493 e. The lowest BCUT2D eigenvalue weighted by molar-refractivity contribution is -0.140. The molecule has 1 heterocycles. The Kier molecular flexibility index (Phi) is 6.98. The minimum absolute atomic E-state index is 0.0252. The van der Waals surface area contributed by atoms with E-state index in [4.69, 9.17) is 14.6 Å². The fourth-order valence-electron chi connectivity index (χ4n) is 2.72. The number of hydrogen-bond donors (Lipinski definition) is 2. The summed E-state index contributed by atoms with van der Waals surface area (Å²) in [5, 5.41) is 11.2. The van der Waals surface area contributed by atoms with Crippen LogP contribution >= 0.6 is 38.5 Å². The second-order valence-corrected chi connectivity index (χ2v) is 8.32. The van der Waals surface area contributed by atoms with Crippen molar-refractivity contribution >= 4 is 62.5 Å². The zero-order valence-electron chi connectivity index (χ0n) is 15.6. The van der Waals surface area contributed by atoms with Crippen LogP contribution in [0.15, 0.2) is 46.6 Å². The first kappa shape index (κ1) is 22.1. The second-order valence-electron chi connectivity index (χ2n) is 6.22. The number of carboxylic acids is 1. The van der Waals surface area contributed by atoms with Crippen molar-refractivity contribution in [2.24, 2.45) is 0 Å². The molecule has 0 radical (unpaired) electrons. The van der Waals surface area contributed by atoms with Crippen molar-refractivity contribution in [3.8, 4) is 11.5 Å². The van der Waals surface area contributed by atoms with Crippen LogP contribution in [0.3, 0.4) is 0 Å². The Labute approximate surface area is 194 Å². The predicted molar refractivity (Wildman–Crippen MR) is 120 cm³/mol. The van der Waals surface area contributed by atoms with Gasteiger partial charge >= 0.3 is 12.0 Å². The van der Waals surface area contributed by atoms with Gasteiger partial charge in [-0.3, -0.25) is 9.59 Å². The summed E-state index contributed by atoms with van der Waals surface area (Å²) in [4.78, 5) is 35.6. The molecule has 0 saturated carbocycles. The zero-order chi connectivity index (χ0) is 21.8. The Morgan fingerprint density at radius 2 is 1.97 bits per heavy atom. The molecule has 0 atom stereocenters. The molecule has 0 bridgehead atoms. The van der Waals surface area contributed by atoms with Gasteiger partial charge in [0.1, 0.15) is 18.8 Å². The molecule has 3 rings (SSSR count). The fourth-order valence-corrected chi connectivity index (χ4v) is 3.65. The Morgan fingerprint density at radius 3 is 2.60 bits per heavy atom. The van der Waals surface area contributed by atoms with Crippen LogP contribution in [0, 0.1) is 3.57 Å². The standard InChI is InChI=1S/C20H16BrIN2O6/c1-29-16-8-12(7-15-19(27)24(9-17(25)26)20(28)23-15)6-14(21)18(16)30-10-11-2-4-13(22)5-3-11/h2-8H,9-10H2,1H3,(H,23,28)(H,25,26)/b15-7+. The average Bonchev–Trinajstić information content (AvgIpc) is 2.95. The average molecular weight is 587 g/mol. The number of halogens is 2. The highest BCUT2D eigenvalue weighted by molar-refractivity contribution is 14.1. The maximum Gasteiger partial charge on any atom is 0.329 e. The number of rotatable bonds is 7. The number of carbonyl (C=O) groups is 3. The first-order valence-electron chi connectivity index (χ1n) is 8.59. The number of aliphatic carboxylic acids is 1. The van der Waals surface area contributed by atoms with Crippen LogP contribution in [0.2, 0.25) is 0 Å². The summed E-state index contributed by atoms with van der Waals surface area (Å²) in [6.07, 6.45) is 1.44. The van der Waals surface area contributed by atoms with Crippen molar-refractivity contribution in [1.82, 2.24) is 10.2 Å². The number of methoxy groups -OCH3 is 1. The van der Waals surface area contributed by atoms with Crippen molar-refractivity contribution in [3.05, 3.63) is 61.3 Å². The first-order valence-corrected chi connectivity index (χ1v) is 10.5. The molecule has 0 aliphatic carbocycles. The predicted octanol–water partition coefficient (Wildman–Crippen LogP) is 3.62. The maximum absolute atomic E-state index is 12.3. The zero-order valence-corrected chi connectivity index (χ0v) is 19.4. The molecule has 2 N–H and O–H groups in total. The number of benzene rings is 2. The van der Waals surface area contributed by atoms with Crippen LogP contribution in [0.25, 0.3) is 6.08 Å². The van der Waals surface area contributed by atoms with Gasteiger partial charge in [-0.1, -0.05) is 12.1 Å². The van der Waals surface area contributed by atoms with E-state index in [1.54, 1.807) is 12.1 Å².